The van der Waals surface area contributed by atoms with Gasteiger partial charge in [0.15, 0.2) is 0 Å². The summed E-state index contributed by atoms with van der Waals surface area (Å²) in [6.07, 6.45) is 3.34. The number of benzene rings is 2. The highest BCUT2D eigenvalue weighted by Crippen LogP contribution is 2.21. The summed E-state index contributed by atoms with van der Waals surface area (Å²) in [6, 6.07) is 14.8. The number of nitriles is 1. The molecule has 1 aromatic heterocycles. The second-order valence-corrected chi connectivity index (χ2v) is 10.7. The summed E-state index contributed by atoms with van der Waals surface area (Å²) < 4.78 is 34.2. The van der Waals surface area contributed by atoms with Crippen molar-refractivity contribution in [2.24, 2.45) is 0 Å². The van der Waals surface area contributed by atoms with Crippen molar-refractivity contribution in [1.82, 2.24) is 10.2 Å². The van der Waals surface area contributed by atoms with Crippen LogP contribution < -0.4 is 14.8 Å². The lowest BCUT2D eigenvalue weighted by Crippen LogP contribution is -2.13. The van der Waals surface area contributed by atoms with Crippen LogP contribution in [0.2, 0.25) is 0 Å². The Morgan fingerprint density at radius 3 is 2.40 bits per heavy atom. The molecule has 3 aromatic rings. The highest BCUT2D eigenvalue weighted by atomic mass is 32.2. The van der Waals surface area contributed by atoms with E-state index < -0.39 is 15.7 Å². The number of ether oxygens (including phenoxy) is 2. The van der Waals surface area contributed by atoms with Gasteiger partial charge >= 0.3 is 0 Å². The molecule has 1 heterocycles. The minimum absolute atomic E-state index is 0.0147. The number of anilines is 1. The minimum atomic E-state index is -3.53. The topological polar surface area (TPSA) is 131 Å². The standard InChI is InChI=1S/C24H24N4O5S2/c1-4-17-11-16(2)12-21(14-17)33-10-9-32-20-7-5-18(6-8-20)13-19(15-25)22(29)26-23-27-28-24(34-23)35(3,30)31/h5-8,11-14H,4,9-10H2,1-3H3,(H,26,27,29)/b19-13-. The molecule has 9 nitrogen and oxygen atoms in total. The van der Waals surface area contributed by atoms with Crippen LogP contribution in [0.25, 0.3) is 6.08 Å². The number of sulfone groups is 1. The third-order valence-electron chi connectivity index (χ3n) is 4.64. The summed E-state index contributed by atoms with van der Waals surface area (Å²) in [4.78, 5) is 12.4. The average molecular weight is 513 g/mol. The van der Waals surface area contributed by atoms with Gasteiger partial charge in [0.1, 0.15) is 36.4 Å². The zero-order chi connectivity index (χ0) is 25.4. The molecule has 0 bridgehead atoms. The number of rotatable bonds is 10. The third-order valence-corrected chi connectivity index (χ3v) is 7.15. The third kappa shape index (κ3) is 7.63. The number of hydrogen-bond acceptors (Lipinski definition) is 9. The zero-order valence-corrected chi connectivity index (χ0v) is 21.1. The van der Waals surface area contributed by atoms with E-state index in [0.717, 1.165) is 24.0 Å². The molecule has 2 aromatic carbocycles. The molecule has 0 aliphatic heterocycles. The van der Waals surface area contributed by atoms with Gasteiger partial charge in [0.25, 0.3) is 5.91 Å². The van der Waals surface area contributed by atoms with Crippen molar-refractivity contribution in [3.05, 3.63) is 64.7 Å². The molecule has 0 saturated heterocycles. The van der Waals surface area contributed by atoms with Gasteiger partial charge in [-0.3, -0.25) is 10.1 Å². The summed E-state index contributed by atoms with van der Waals surface area (Å²) in [6.45, 7) is 4.87. The Labute approximate surface area is 208 Å². The maximum Gasteiger partial charge on any atom is 0.268 e. The van der Waals surface area contributed by atoms with Gasteiger partial charge in [0.2, 0.25) is 19.3 Å². The normalized spacial score (nSPS) is 11.5. The van der Waals surface area contributed by atoms with Crippen molar-refractivity contribution >= 4 is 38.3 Å². The van der Waals surface area contributed by atoms with Gasteiger partial charge in [0, 0.05) is 6.26 Å². The molecule has 182 valence electrons. The summed E-state index contributed by atoms with van der Waals surface area (Å²) in [5.74, 6) is 0.715. The quantitative estimate of drug-likeness (QED) is 0.188. The van der Waals surface area contributed by atoms with Crippen molar-refractivity contribution in [2.45, 2.75) is 24.6 Å². The van der Waals surface area contributed by atoms with Crippen molar-refractivity contribution in [2.75, 3.05) is 24.8 Å². The van der Waals surface area contributed by atoms with Crippen LogP contribution >= 0.6 is 11.3 Å². The van der Waals surface area contributed by atoms with Crippen molar-refractivity contribution in [1.29, 1.82) is 5.26 Å². The van der Waals surface area contributed by atoms with Crippen LogP contribution in [0.5, 0.6) is 11.5 Å². The van der Waals surface area contributed by atoms with E-state index in [1.54, 1.807) is 24.3 Å². The summed E-state index contributed by atoms with van der Waals surface area (Å²) in [5.41, 5.74) is 2.81. The van der Waals surface area contributed by atoms with E-state index >= 15 is 0 Å². The molecule has 0 saturated carbocycles. The SMILES string of the molecule is CCc1cc(C)cc(OCCOc2ccc(/C=C(/C#N)C(=O)Nc3nnc(S(C)(=O)=O)s3)cc2)c1. The maximum absolute atomic E-state index is 12.4. The van der Waals surface area contributed by atoms with Crippen LogP contribution in [0.1, 0.15) is 23.6 Å². The first kappa shape index (κ1) is 25.9. The number of carbonyl (C=O) groups is 1. The molecule has 0 spiro atoms. The van der Waals surface area contributed by atoms with E-state index in [1.165, 1.54) is 11.6 Å². The van der Waals surface area contributed by atoms with Crippen LogP contribution in [0.15, 0.2) is 52.4 Å². The van der Waals surface area contributed by atoms with Crippen LogP contribution in [-0.4, -0.2) is 44.0 Å². The van der Waals surface area contributed by atoms with Crippen molar-refractivity contribution in [3.63, 3.8) is 0 Å². The predicted octanol–water partition coefficient (Wildman–Crippen LogP) is 3.82. The Morgan fingerprint density at radius 1 is 1.11 bits per heavy atom. The maximum atomic E-state index is 12.4. The fourth-order valence-corrected chi connectivity index (χ4v) is 4.49. The Kier molecular flexibility index (Phi) is 8.57. The first-order chi connectivity index (χ1) is 16.7. The van der Waals surface area contributed by atoms with E-state index in [2.05, 4.69) is 28.5 Å². The second kappa shape index (κ2) is 11.6. The van der Waals surface area contributed by atoms with Crippen LogP contribution in [0.3, 0.4) is 0 Å². The van der Waals surface area contributed by atoms with Gasteiger partial charge in [-0.2, -0.15) is 5.26 Å². The molecule has 0 aliphatic carbocycles. The van der Waals surface area contributed by atoms with Gasteiger partial charge in [0.05, 0.1) is 0 Å². The number of amides is 1. The Balaban J connectivity index is 1.54. The molecule has 3 rings (SSSR count). The summed E-state index contributed by atoms with van der Waals surface area (Å²) in [7, 11) is -3.53. The lowest BCUT2D eigenvalue weighted by atomic mass is 10.1. The van der Waals surface area contributed by atoms with Crippen molar-refractivity contribution in [3.8, 4) is 17.6 Å². The molecule has 0 unspecified atom stereocenters. The van der Waals surface area contributed by atoms with E-state index in [4.69, 9.17) is 9.47 Å². The Bertz CT molecular complexity index is 1370. The molecule has 0 fully saturated rings. The number of nitrogens with one attached hydrogen (secondary N) is 1. The van der Waals surface area contributed by atoms with Crippen LogP contribution in [0, 0.1) is 18.3 Å². The number of nitrogens with zero attached hydrogens (tertiary/aromatic N) is 3. The van der Waals surface area contributed by atoms with Crippen LogP contribution in [0.4, 0.5) is 5.13 Å². The fraction of sp³-hybridized carbons (Fsp3) is 0.250. The molecule has 0 atom stereocenters. The molecule has 1 amide bonds. The van der Waals surface area contributed by atoms with Gasteiger partial charge in [-0.25, -0.2) is 8.42 Å². The first-order valence-electron chi connectivity index (χ1n) is 10.6. The average Bonchev–Trinajstić information content (AvgIpc) is 3.30. The fourth-order valence-electron chi connectivity index (χ4n) is 2.98. The van der Waals surface area contributed by atoms with E-state index in [9.17, 15) is 18.5 Å². The molecule has 35 heavy (non-hydrogen) atoms. The molecule has 0 aliphatic rings. The number of carbonyl (C=O) groups excluding carboxylic acids is 1. The van der Waals surface area contributed by atoms with E-state index in [-0.39, 0.29) is 15.0 Å². The number of hydrogen-bond donors (Lipinski definition) is 1. The Hall–Kier alpha value is -3.75. The van der Waals surface area contributed by atoms with Gasteiger partial charge in [-0.05, 0) is 60.4 Å². The predicted molar refractivity (Wildman–Crippen MR) is 133 cm³/mol. The molecular formula is C24H24N4O5S2. The first-order valence-corrected chi connectivity index (χ1v) is 13.3. The summed E-state index contributed by atoms with van der Waals surface area (Å²) >= 11 is 0.709. The monoisotopic (exact) mass is 512 g/mol. The molecule has 11 heteroatoms. The number of aryl methyl sites for hydroxylation is 2. The minimum Gasteiger partial charge on any atom is -0.490 e. The number of aromatic nitrogens is 2. The van der Waals surface area contributed by atoms with E-state index in [1.807, 2.05) is 25.1 Å². The van der Waals surface area contributed by atoms with Crippen molar-refractivity contribution < 1.29 is 22.7 Å². The van der Waals surface area contributed by atoms with Gasteiger partial charge in [-0.15, -0.1) is 10.2 Å². The largest absolute Gasteiger partial charge is 0.490 e. The van der Waals surface area contributed by atoms with Crippen LogP contribution in [-0.2, 0) is 21.1 Å². The van der Waals surface area contributed by atoms with Gasteiger partial charge in [-0.1, -0.05) is 36.5 Å². The smallest absolute Gasteiger partial charge is 0.268 e. The lowest BCUT2D eigenvalue weighted by Gasteiger charge is -2.10. The molecule has 0 radical (unpaired) electrons. The lowest BCUT2D eigenvalue weighted by molar-refractivity contribution is -0.112. The summed E-state index contributed by atoms with van der Waals surface area (Å²) in [5, 5.41) is 18.9. The molecule has 1 N–H and O–H groups in total. The second-order valence-electron chi connectivity index (χ2n) is 7.54. The molecular weight excluding hydrogens is 488 g/mol. The van der Waals surface area contributed by atoms with Gasteiger partial charge < -0.3 is 9.47 Å². The highest BCUT2D eigenvalue weighted by molar-refractivity contribution is 7.92. The zero-order valence-electron chi connectivity index (χ0n) is 19.4. The van der Waals surface area contributed by atoms with E-state index in [0.29, 0.717) is 35.9 Å². The highest BCUT2D eigenvalue weighted by Gasteiger charge is 2.17. The Morgan fingerprint density at radius 2 is 1.80 bits per heavy atom.